The Morgan fingerprint density at radius 2 is 2.14 bits per heavy atom. The van der Waals surface area contributed by atoms with E-state index in [2.05, 4.69) is 0 Å². The molecule has 0 amide bonds. The monoisotopic (exact) mass is 191 g/mol. The van der Waals surface area contributed by atoms with Gasteiger partial charge in [-0.05, 0) is 26.0 Å². The van der Waals surface area contributed by atoms with Gasteiger partial charge in [-0.2, -0.15) is 0 Å². The second-order valence-electron chi connectivity index (χ2n) is 3.14. The topological polar surface area (TPSA) is 43.4 Å². The van der Waals surface area contributed by atoms with E-state index >= 15 is 0 Å². The zero-order valence-corrected chi connectivity index (χ0v) is 8.11. The SMILES string of the molecule is CC(C)OC(=O)c1cccc([C]=O)c1. The van der Waals surface area contributed by atoms with E-state index < -0.39 is 5.97 Å². The summed E-state index contributed by atoms with van der Waals surface area (Å²) < 4.78 is 4.97. The third kappa shape index (κ3) is 2.69. The predicted octanol–water partition coefficient (Wildman–Crippen LogP) is 1.71. The van der Waals surface area contributed by atoms with Crippen molar-refractivity contribution in [3.8, 4) is 0 Å². The molecule has 0 spiro atoms. The average Bonchev–Trinajstić information content (AvgIpc) is 2.17. The Morgan fingerprint density at radius 1 is 1.43 bits per heavy atom. The van der Waals surface area contributed by atoms with Crippen LogP contribution in [-0.4, -0.2) is 18.4 Å². The Morgan fingerprint density at radius 3 is 2.71 bits per heavy atom. The van der Waals surface area contributed by atoms with Crippen LogP contribution in [0.25, 0.3) is 0 Å². The fourth-order valence-corrected chi connectivity index (χ4v) is 0.992. The summed E-state index contributed by atoms with van der Waals surface area (Å²) in [5, 5.41) is 0. The number of hydrogen-bond acceptors (Lipinski definition) is 3. The van der Waals surface area contributed by atoms with Gasteiger partial charge in [0.25, 0.3) is 0 Å². The first-order valence-electron chi connectivity index (χ1n) is 4.32. The quantitative estimate of drug-likeness (QED) is 0.683. The van der Waals surface area contributed by atoms with Crippen molar-refractivity contribution in [2.75, 3.05) is 0 Å². The smallest absolute Gasteiger partial charge is 0.338 e. The van der Waals surface area contributed by atoms with E-state index in [-0.39, 0.29) is 6.10 Å². The molecule has 3 nitrogen and oxygen atoms in total. The highest BCUT2D eigenvalue weighted by atomic mass is 16.5. The molecule has 0 aliphatic rings. The van der Waals surface area contributed by atoms with Crippen LogP contribution in [0.1, 0.15) is 29.8 Å². The van der Waals surface area contributed by atoms with Crippen molar-refractivity contribution >= 4 is 12.3 Å². The lowest BCUT2D eigenvalue weighted by molar-refractivity contribution is 0.0378. The second kappa shape index (κ2) is 4.56. The van der Waals surface area contributed by atoms with Crippen LogP contribution in [0.4, 0.5) is 0 Å². The average molecular weight is 191 g/mol. The standard InChI is InChI=1S/C11H11O3/c1-8(2)14-11(13)10-5-3-4-9(6-10)7-12/h3-6,8H,1-2H3. The minimum absolute atomic E-state index is 0.161. The highest BCUT2D eigenvalue weighted by molar-refractivity contribution is 5.91. The van der Waals surface area contributed by atoms with Gasteiger partial charge < -0.3 is 4.74 Å². The number of rotatable bonds is 3. The Kier molecular flexibility index (Phi) is 3.40. The van der Waals surface area contributed by atoms with Crippen LogP contribution < -0.4 is 0 Å². The van der Waals surface area contributed by atoms with Crippen molar-refractivity contribution in [3.63, 3.8) is 0 Å². The molecule has 1 rings (SSSR count). The Bertz CT molecular complexity index is 342. The number of carbonyl (C=O) groups is 1. The fraction of sp³-hybridized carbons (Fsp3) is 0.273. The summed E-state index contributed by atoms with van der Waals surface area (Å²) in [5.74, 6) is -0.419. The molecule has 0 saturated heterocycles. The fourth-order valence-electron chi connectivity index (χ4n) is 0.992. The van der Waals surface area contributed by atoms with Gasteiger partial charge in [-0.15, -0.1) is 0 Å². The molecular weight excluding hydrogens is 180 g/mol. The molecule has 0 unspecified atom stereocenters. The van der Waals surface area contributed by atoms with Crippen LogP contribution in [-0.2, 0) is 9.53 Å². The summed E-state index contributed by atoms with van der Waals surface area (Å²) in [4.78, 5) is 21.7. The van der Waals surface area contributed by atoms with E-state index in [1.807, 2.05) is 0 Å². The maximum absolute atomic E-state index is 11.4. The summed E-state index contributed by atoms with van der Waals surface area (Å²) >= 11 is 0. The molecule has 1 aromatic carbocycles. The summed E-state index contributed by atoms with van der Waals surface area (Å²) in [6.45, 7) is 3.54. The van der Waals surface area contributed by atoms with Gasteiger partial charge in [-0.25, -0.2) is 4.79 Å². The Balaban J connectivity index is 2.84. The van der Waals surface area contributed by atoms with Gasteiger partial charge in [0.05, 0.1) is 11.7 Å². The van der Waals surface area contributed by atoms with Crippen LogP contribution in [0.2, 0.25) is 0 Å². The maximum atomic E-state index is 11.4. The number of ether oxygens (including phenoxy) is 1. The summed E-state index contributed by atoms with van der Waals surface area (Å²) in [7, 11) is 0. The van der Waals surface area contributed by atoms with Crippen molar-refractivity contribution in [1.82, 2.24) is 0 Å². The molecule has 0 N–H and O–H groups in total. The van der Waals surface area contributed by atoms with E-state index in [0.717, 1.165) is 0 Å². The molecule has 73 valence electrons. The highest BCUT2D eigenvalue weighted by Crippen LogP contribution is 2.06. The van der Waals surface area contributed by atoms with Gasteiger partial charge in [-0.1, -0.05) is 12.1 Å². The van der Waals surface area contributed by atoms with Crippen molar-refractivity contribution in [3.05, 3.63) is 35.4 Å². The summed E-state index contributed by atoms with van der Waals surface area (Å²) in [6, 6.07) is 6.26. The third-order valence-electron chi connectivity index (χ3n) is 1.56. The minimum atomic E-state index is -0.419. The van der Waals surface area contributed by atoms with Gasteiger partial charge in [0, 0.05) is 5.56 Å². The van der Waals surface area contributed by atoms with E-state index in [4.69, 9.17) is 4.74 Å². The van der Waals surface area contributed by atoms with Gasteiger partial charge in [0.15, 0.2) is 0 Å². The number of carbonyl (C=O) groups excluding carboxylic acids is 2. The zero-order chi connectivity index (χ0) is 10.6. The molecular formula is C11H11O3. The number of benzene rings is 1. The van der Waals surface area contributed by atoms with Crippen LogP contribution in [0.5, 0.6) is 0 Å². The summed E-state index contributed by atoms with van der Waals surface area (Å²) in [5.41, 5.74) is 0.725. The van der Waals surface area contributed by atoms with Crippen LogP contribution in [0, 0.1) is 0 Å². The molecule has 0 bridgehead atoms. The third-order valence-corrected chi connectivity index (χ3v) is 1.56. The molecule has 0 fully saturated rings. The largest absolute Gasteiger partial charge is 0.459 e. The molecule has 0 atom stereocenters. The predicted molar refractivity (Wildman–Crippen MR) is 51.8 cm³/mol. The van der Waals surface area contributed by atoms with Crippen LogP contribution >= 0.6 is 0 Å². The van der Waals surface area contributed by atoms with Gasteiger partial charge >= 0.3 is 5.97 Å². The van der Waals surface area contributed by atoms with Crippen LogP contribution in [0.15, 0.2) is 24.3 Å². The van der Waals surface area contributed by atoms with Crippen molar-refractivity contribution in [2.24, 2.45) is 0 Å². The number of esters is 1. The lowest BCUT2D eigenvalue weighted by Gasteiger charge is -2.07. The van der Waals surface area contributed by atoms with Gasteiger partial charge in [0.1, 0.15) is 0 Å². The van der Waals surface area contributed by atoms with Gasteiger partial charge in [0.2, 0.25) is 6.29 Å². The van der Waals surface area contributed by atoms with Crippen molar-refractivity contribution in [1.29, 1.82) is 0 Å². The molecule has 3 heteroatoms. The molecule has 0 heterocycles. The lowest BCUT2D eigenvalue weighted by atomic mass is 10.1. The van der Waals surface area contributed by atoms with E-state index in [0.29, 0.717) is 11.1 Å². The molecule has 0 aliphatic heterocycles. The highest BCUT2D eigenvalue weighted by Gasteiger charge is 2.09. The van der Waals surface area contributed by atoms with Crippen molar-refractivity contribution in [2.45, 2.75) is 20.0 Å². The lowest BCUT2D eigenvalue weighted by Crippen LogP contribution is -2.11. The van der Waals surface area contributed by atoms with E-state index in [1.165, 1.54) is 6.07 Å². The molecule has 1 radical (unpaired) electrons. The first-order valence-corrected chi connectivity index (χ1v) is 4.32. The minimum Gasteiger partial charge on any atom is -0.459 e. The first kappa shape index (κ1) is 10.4. The van der Waals surface area contributed by atoms with Crippen molar-refractivity contribution < 1.29 is 14.3 Å². The molecule has 14 heavy (non-hydrogen) atoms. The van der Waals surface area contributed by atoms with Gasteiger partial charge in [-0.3, -0.25) is 4.79 Å². The maximum Gasteiger partial charge on any atom is 0.338 e. The molecule has 0 aliphatic carbocycles. The van der Waals surface area contributed by atoms with Crippen LogP contribution in [0.3, 0.4) is 0 Å². The Hall–Kier alpha value is -1.64. The molecule has 0 saturated carbocycles. The second-order valence-corrected chi connectivity index (χ2v) is 3.14. The van der Waals surface area contributed by atoms with E-state index in [9.17, 15) is 9.59 Å². The molecule has 0 aromatic heterocycles. The summed E-state index contributed by atoms with van der Waals surface area (Å²) in [6.07, 6.45) is 1.56. The Labute approximate surface area is 82.7 Å². The molecule has 1 aromatic rings. The van der Waals surface area contributed by atoms with E-state index in [1.54, 1.807) is 38.3 Å². The zero-order valence-electron chi connectivity index (χ0n) is 8.11. The first-order chi connectivity index (χ1) is 6.63. The number of hydrogen-bond donors (Lipinski definition) is 0. The normalized spacial score (nSPS) is 9.93.